The Balaban J connectivity index is 2.00. The van der Waals surface area contributed by atoms with E-state index in [1.54, 1.807) is 32.9 Å². The molecule has 2 aromatic heterocycles. The van der Waals surface area contributed by atoms with E-state index in [0.29, 0.717) is 11.4 Å². The smallest absolute Gasteiger partial charge is 0.408 e. The van der Waals surface area contributed by atoms with Crippen molar-refractivity contribution >= 4 is 6.09 Å². The number of nitrogens with one attached hydrogen (secondary N) is 1. The zero-order valence-corrected chi connectivity index (χ0v) is 12.5. The maximum atomic E-state index is 11.5. The molecule has 0 saturated heterocycles. The number of alkyl carbamates (subject to hydrolysis) is 1. The summed E-state index contributed by atoms with van der Waals surface area (Å²) >= 11 is 0. The first-order valence-electron chi connectivity index (χ1n) is 6.53. The molecule has 1 amide bonds. The molecule has 0 aliphatic carbocycles. The number of pyridine rings is 1. The molecule has 0 saturated carbocycles. The molecule has 0 unspecified atom stereocenters. The van der Waals surface area contributed by atoms with Crippen LogP contribution in [-0.2, 0) is 11.3 Å². The minimum absolute atomic E-state index is 0.0780. The number of hydrogen-bond donors (Lipinski definition) is 1. The van der Waals surface area contributed by atoms with Crippen molar-refractivity contribution in [3.63, 3.8) is 0 Å². The average Bonchev–Trinajstić information content (AvgIpc) is 2.92. The summed E-state index contributed by atoms with van der Waals surface area (Å²) in [5.41, 5.74) is 0.267. The molecule has 22 heavy (non-hydrogen) atoms. The first-order chi connectivity index (χ1) is 10.4. The van der Waals surface area contributed by atoms with Crippen molar-refractivity contribution in [1.82, 2.24) is 20.4 Å². The number of nitriles is 1. The molecule has 2 rings (SSSR count). The van der Waals surface area contributed by atoms with Crippen molar-refractivity contribution in [3.8, 4) is 17.5 Å². The molecule has 1 N–H and O–H groups in total. The number of ether oxygens (including phenoxy) is 1. The topological polar surface area (TPSA) is 114 Å². The largest absolute Gasteiger partial charge is 0.444 e. The lowest BCUT2D eigenvalue weighted by Crippen LogP contribution is -2.32. The van der Waals surface area contributed by atoms with Crippen LogP contribution >= 0.6 is 0 Å². The van der Waals surface area contributed by atoms with E-state index >= 15 is 0 Å². The van der Waals surface area contributed by atoms with Gasteiger partial charge in [-0.3, -0.25) is 0 Å². The zero-order valence-electron chi connectivity index (χ0n) is 12.5. The lowest BCUT2D eigenvalue weighted by Gasteiger charge is -2.19. The maximum Gasteiger partial charge on any atom is 0.408 e. The summed E-state index contributed by atoms with van der Waals surface area (Å²) < 4.78 is 10.2. The van der Waals surface area contributed by atoms with Crippen LogP contribution in [-0.4, -0.2) is 26.8 Å². The second kappa shape index (κ2) is 6.22. The van der Waals surface area contributed by atoms with Crippen LogP contribution in [0.2, 0.25) is 0 Å². The molecule has 8 heteroatoms. The molecule has 0 radical (unpaired) electrons. The molecule has 0 aromatic carbocycles. The number of aromatic nitrogens is 3. The van der Waals surface area contributed by atoms with Gasteiger partial charge in [-0.25, -0.2) is 9.78 Å². The van der Waals surface area contributed by atoms with Gasteiger partial charge in [-0.15, -0.1) is 0 Å². The monoisotopic (exact) mass is 301 g/mol. The third kappa shape index (κ3) is 4.28. The quantitative estimate of drug-likeness (QED) is 0.922. The summed E-state index contributed by atoms with van der Waals surface area (Å²) in [6, 6.07) is 5.12. The highest BCUT2D eigenvalue weighted by molar-refractivity contribution is 5.67. The Morgan fingerprint density at radius 1 is 1.50 bits per heavy atom. The van der Waals surface area contributed by atoms with Gasteiger partial charge in [0.2, 0.25) is 0 Å². The van der Waals surface area contributed by atoms with Gasteiger partial charge in [-0.1, -0.05) is 5.16 Å². The SMILES string of the molecule is CC(C)(C)OC(=O)NCc1noc(-c2ccnc(C#N)c2)n1. The van der Waals surface area contributed by atoms with E-state index in [2.05, 4.69) is 20.4 Å². The number of rotatable bonds is 3. The Morgan fingerprint density at radius 2 is 2.27 bits per heavy atom. The second-order valence-corrected chi connectivity index (χ2v) is 5.41. The highest BCUT2D eigenvalue weighted by atomic mass is 16.6. The van der Waals surface area contributed by atoms with Gasteiger partial charge in [0.1, 0.15) is 17.4 Å². The summed E-state index contributed by atoms with van der Waals surface area (Å²) in [7, 11) is 0. The summed E-state index contributed by atoms with van der Waals surface area (Å²) in [6.45, 7) is 5.40. The van der Waals surface area contributed by atoms with E-state index in [0.717, 1.165) is 0 Å². The lowest BCUT2D eigenvalue weighted by molar-refractivity contribution is 0.0522. The van der Waals surface area contributed by atoms with Crippen molar-refractivity contribution < 1.29 is 14.1 Å². The fourth-order valence-corrected chi connectivity index (χ4v) is 1.53. The fourth-order valence-electron chi connectivity index (χ4n) is 1.53. The third-order valence-electron chi connectivity index (χ3n) is 2.38. The molecular formula is C14H15N5O3. The van der Waals surface area contributed by atoms with Crippen molar-refractivity contribution in [2.45, 2.75) is 32.9 Å². The van der Waals surface area contributed by atoms with Gasteiger partial charge in [0, 0.05) is 11.8 Å². The standard InChI is InChI=1S/C14H15N5O3/c1-14(2,3)21-13(20)17-8-11-18-12(22-19-11)9-4-5-16-10(6-9)7-15/h4-6H,8H2,1-3H3,(H,17,20). The fraction of sp³-hybridized carbons (Fsp3) is 0.357. The van der Waals surface area contributed by atoms with Gasteiger partial charge in [-0.2, -0.15) is 10.2 Å². The van der Waals surface area contributed by atoms with E-state index in [4.69, 9.17) is 14.5 Å². The molecular weight excluding hydrogens is 286 g/mol. The molecule has 0 spiro atoms. The molecule has 0 aliphatic rings. The summed E-state index contributed by atoms with van der Waals surface area (Å²) in [5, 5.41) is 15.1. The van der Waals surface area contributed by atoms with Gasteiger partial charge in [0.25, 0.3) is 5.89 Å². The molecule has 0 fully saturated rings. The highest BCUT2D eigenvalue weighted by Gasteiger charge is 2.17. The number of hydrogen-bond acceptors (Lipinski definition) is 7. The van der Waals surface area contributed by atoms with Gasteiger partial charge in [-0.05, 0) is 32.9 Å². The molecule has 8 nitrogen and oxygen atoms in total. The first-order valence-corrected chi connectivity index (χ1v) is 6.53. The molecule has 114 valence electrons. The van der Waals surface area contributed by atoms with E-state index in [9.17, 15) is 4.79 Å². The van der Waals surface area contributed by atoms with Crippen LogP contribution in [0, 0.1) is 11.3 Å². The van der Waals surface area contributed by atoms with E-state index in [-0.39, 0.29) is 18.1 Å². The Morgan fingerprint density at radius 3 is 2.95 bits per heavy atom. The number of carbonyl (C=O) groups is 1. The third-order valence-corrected chi connectivity index (χ3v) is 2.38. The van der Waals surface area contributed by atoms with Crippen LogP contribution in [0.15, 0.2) is 22.9 Å². The van der Waals surface area contributed by atoms with Gasteiger partial charge in [0.15, 0.2) is 5.82 Å². The lowest BCUT2D eigenvalue weighted by atomic mass is 10.2. The minimum atomic E-state index is -0.572. The maximum absolute atomic E-state index is 11.5. The Labute approximate surface area is 127 Å². The average molecular weight is 301 g/mol. The van der Waals surface area contributed by atoms with Crippen molar-refractivity contribution in [1.29, 1.82) is 5.26 Å². The van der Waals surface area contributed by atoms with Crippen LogP contribution in [0.25, 0.3) is 11.5 Å². The van der Waals surface area contributed by atoms with Crippen LogP contribution in [0.4, 0.5) is 4.79 Å². The van der Waals surface area contributed by atoms with E-state index in [1.807, 2.05) is 6.07 Å². The Bertz CT molecular complexity index is 712. The summed E-state index contributed by atoms with van der Waals surface area (Å²) in [6.07, 6.45) is 0.922. The Hall–Kier alpha value is -2.95. The summed E-state index contributed by atoms with van der Waals surface area (Å²) in [5.74, 6) is 0.552. The zero-order chi connectivity index (χ0) is 16.2. The predicted octanol–water partition coefficient (Wildman–Crippen LogP) is 2.03. The van der Waals surface area contributed by atoms with Crippen LogP contribution in [0.5, 0.6) is 0 Å². The van der Waals surface area contributed by atoms with E-state index in [1.165, 1.54) is 6.20 Å². The molecule has 0 aliphatic heterocycles. The van der Waals surface area contributed by atoms with Crippen molar-refractivity contribution in [2.75, 3.05) is 0 Å². The van der Waals surface area contributed by atoms with Crippen LogP contribution in [0.3, 0.4) is 0 Å². The first kappa shape index (κ1) is 15.4. The second-order valence-electron chi connectivity index (χ2n) is 5.41. The minimum Gasteiger partial charge on any atom is -0.444 e. The number of carbonyl (C=O) groups excluding carboxylic acids is 1. The van der Waals surface area contributed by atoms with Crippen molar-refractivity contribution in [3.05, 3.63) is 29.8 Å². The molecule has 2 heterocycles. The highest BCUT2D eigenvalue weighted by Crippen LogP contribution is 2.17. The van der Waals surface area contributed by atoms with Gasteiger partial charge in [0.05, 0.1) is 6.54 Å². The normalized spacial score (nSPS) is 10.8. The van der Waals surface area contributed by atoms with E-state index < -0.39 is 11.7 Å². The molecule has 2 aromatic rings. The number of nitrogens with zero attached hydrogens (tertiary/aromatic N) is 4. The van der Waals surface area contributed by atoms with Crippen LogP contribution in [0.1, 0.15) is 32.3 Å². The Kier molecular flexibility index (Phi) is 4.36. The predicted molar refractivity (Wildman–Crippen MR) is 75.3 cm³/mol. The number of amides is 1. The van der Waals surface area contributed by atoms with Crippen molar-refractivity contribution in [2.24, 2.45) is 0 Å². The van der Waals surface area contributed by atoms with Crippen LogP contribution < -0.4 is 5.32 Å². The summed E-state index contributed by atoms with van der Waals surface area (Å²) in [4.78, 5) is 19.5. The molecule has 0 bridgehead atoms. The van der Waals surface area contributed by atoms with Gasteiger partial charge < -0.3 is 14.6 Å². The van der Waals surface area contributed by atoms with Gasteiger partial charge >= 0.3 is 6.09 Å². The molecule has 0 atom stereocenters.